The molecule has 0 unspecified atom stereocenters. The Kier molecular flexibility index (Phi) is 6.63. The Hall–Kier alpha value is -3.14. The van der Waals surface area contributed by atoms with E-state index in [0.717, 1.165) is 43.6 Å². The van der Waals surface area contributed by atoms with Gasteiger partial charge in [-0.1, -0.05) is 96.8 Å². The second kappa shape index (κ2) is 9.72. The second-order valence-electron chi connectivity index (χ2n) is 9.86. The van der Waals surface area contributed by atoms with E-state index in [-0.39, 0.29) is 11.2 Å². The zero-order valence-corrected chi connectivity index (χ0v) is 22.6. The Labute approximate surface area is 224 Å². The number of furan rings is 1. The van der Waals surface area contributed by atoms with Crippen LogP contribution in [0.4, 0.5) is 4.39 Å². The molecule has 0 radical (unpaired) electrons. The van der Waals surface area contributed by atoms with E-state index in [2.05, 4.69) is 73.1 Å². The van der Waals surface area contributed by atoms with Gasteiger partial charge in [0.25, 0.3) is 0 Å². The molecule has 1 aromatic heterocycles. The van der Waals surface area contributed by atoms with Gasteiger partial charge in [-0.25, -0.2) is 4.39 Å². The molecular weight excluding hydrogens is 535 g/mol. The largest absolute Gasteiger partial charge is 0.455 e. The van der Waals surface area contributed by atoms with Crippen molar-refractivity contribution < 1.29 is 8.81 Å². The minimum Gasteiger partial charge on any atom is -0.455 e. The average molecular weight is 560 g/mol. The lowest BCUT2D eigenvalue weighted by atomic mass is 9.86. The second-order valence-corrected chi connectivity index (χ2v) is 11.2. The highest BCUT2D eigenvalue weighted by Crippen LogP contribution is 2.48. The molecule has 0 atom stereocenters. The summed E-state index contributed by atoms with van der Waals surface area (Å²) in [5, 5.41) is 0.669. The fourth-order valence-electron chi connectivity index (χ4n) is 4.34. The summed E-state index contributed by atoms with van der Waals surface area (Å²) >= 11 is 9.79. The monoisotopic (exact) mass is 558 g/mol. The van der Waals surface area contributed by atoms with Crippen LogP contribution in [0.3, 0.4) is 0 Å². The van der Waals surface area contributed by atoms with Crippen molar-refractivity contribution in [2.45, 2.75) is 26.2 Å². The molecule has 1 nitrogen and oxygen atoms in total. The molecule has 180 valence electrons. The highest BCUT2D eigenvalue weighted by atomic mass is 79.9. The maximum absolute atomic E-state index is 13.8. The summed E-state index contributed by atoms with van der Waals surface area (Å²) in [6.07, 6.45) is 0. The predicted octanol–water partition coefficient (Wildman–Crippen LogP) is 10.8. The predicted molar refractivity (Wildman–Crippen MR) is 152 cm³/mol. The summed E-state index contributed by atoms with van der Waals surface area (Å²) < 4.78 is 21.5. The van der Waals surface area contributed by atoms with Crippen LogP contribution in [0.5, 0.6) is 0 Å². The Morgan fingerprint density at radius 3 is 1.50 bits per heavy atom. The van der Waals surface area contributed by atoms with Crippen LogP contribution in [0.1, 0.15) is 26.3 Å². The van der Waals surface area contributed by atoms with E-state index in [1.165, 1.54) is 17.7 Å². The molecule has 4 aromatic carbocycles. The van der Waals surface area contributed by atoms with Crippen LogP contribution in [0, 0.1) is 5.82 Å². The highest BCUT2D eigenvalue weighted by Gasteiger charge is 2.25. The fraction of sp³-hybridized carbons (Fsp3) is 0.125. The Balaban J connectivity index is 1.83. The third-order valence-electron chi connectivity index (χ3n) is 6.29. The average Bonchev–Trinajstić information content (AvgIpc) is 3.25. The molecule has 5 aromatic rings. The summed E-state index contributed by atoms with van der Waals surface area (Å²) in [5.41, 5.74) is 6.98. The zero-order chi connectivity index (χ0) is 25.4. The van der Waals surface area contributed by atoms with E-state index in [1.54, 1.807) is 12.1 Å². The molecule has 0 N–H and O–H groups in total. The number of rotatable bonds is 4. The van der Waals surface area contributed by atoms with Crippen LogP contribution in [-0.2, 0) is 5.41 Å². The van der Waals surface area contributed by atoms with Crippen molar-refractivity contribution in [2.24, 2.45) is 0 Å². The first-order valence-electron chi connectivity index (χ1n) is 11.8. The molecule has 0 amide bonds. The van der Waals surface area contributed by atoms with Gasteiger partial charge in [0.1, 0.15) is 17.3 Å². The standard InChI is InChI=1S/C32H25BrClFO/c1-32(2,3)24-12-4-22(5-13-24)30-29(21-8-16-26(34)17-9-21)28(20-6-14-25(33)15-7-20)31(36-30)23-10-18-27(35)19-11-23/h4-19H,1-3H3. The normalized spacial score (nSPS) is 11.6. The van der Waals surface area contributed by atoms with Gasteiger partial charge in [0.15, 0.2) is 0 Å². The molecule has 0 aliphatic heterocycles. The van der Waals surface area contributed by atoms with Crippen LogP contribution >= 0.6 is 27.5 Å². The van der Waals surface area contributed by atoms with E-state index in [9.17, 15) is 4.39 Å². The molecule has 36 heavy (non-hydrogen) atoms. The summed E-state index contributed by atoms with van der Waals surface area (Å²) in [6.45, 7) is 6.60. The van der Waals surface area contributed by atoms with Crippen LogP contribution in [-0.4, -0.2) is 0 Å². The van der Waals surface area contributed by atoms with E-state index >= 15 is 0 Å². The number of benzene rings is 4. The molecule has 0 aliphatic rings. The van der Waals surface area contributed by atoms with Crippen molar-refractivity contribution in [3.8, 4) is 44.9 Å². The van der Waals surface area contributed by atoms with Crippen molar-refractivity contribution in [3.05, 3.63) is 118 Å². The van der Waals surface area contributed by atoms with Gasteiger partial charge in [-0.15, -0.1) is 0 Å². The van der Waals surface area contributed by atoms with E-state index in [4.69, 9.17) is 16.0 Å². The van der Waals surface area contributed by atoms with Gasteiger partial charge < -0.3 is 4.42 Å². The van der Waals surface area contributed by atoms with Gasteiger partial charge in [0.05, 0.1) is 0 Å². The molecule has 0 aliphatic carbocycles. The minimum absolute atomic E-state index is 0.0442. The molecule has 4 heteroatoms. The maximum atomic E-state index is 13.8. The van der Waals surface area contributed by atoms with Crippen molar-refractivity contribution >= 4 is 27.5 Å². The lowest BCUT2D eigenvalue weighted by Gasteiger charge is -2.19. The summed E-state index contributed by atoms with van der Waals surface area (Å²) in [4.78, 5) is 0. The summed E-state index contributed by atoms with van der Waals surface area (Å²) in [5.74, 6) is 1.17. The summed E-state index contributed by atoms with van der Waals surface area (Å²) in [7, 11) is 0. The molecular formula is C32H25BrClFO. The number of hydrogen-bond acceptors (Lipinski definition) is 1. The lowest BCUT2D eigenvalue weighted by Crippen LogP contribution is -2.10. The van der Waals surface area contributed by atoms with Crippen LogP contribution in [0.2, 0.25) is 5.02 Å². The Morgan fingerprint density at radius 2 is 1.03 bits per heavy atom. The fourth-order valence-corrected chi connectivity index (χ4v) is 4.73. The van der Waals surface area contributed by atoms with Crippen LogP contribution in [0.25, 0.3) is 44.9 Å². The molecule has 0 saturated carbocycles. The van der Waals surface area contributed by atoms with E-state index in [0.29, 0.717) is 10.8 Å². The molecule has 0 bridgehead atoms. The third kappa shape index (κ3) is 4.91. The van der Waals surface area contributed by atoms with Crippen molar-refractivity contribution in [1.82, 2.24) is 0 Å². The number of hydrogen-bond donors (Lipinski definition) is 0. The van der Waals surface area contributed by atoms with Crippen LogP contribution < -0.4 is 0 Å². The van der Waals surface area contributed by atoms with Crippen molar-refractivity contribution in [1.29, 1.82) is 0 Å². The summed E-state index contributed by atoms with van der Waals surface area (Å²) in [6, 6.07) is 30.9. The SMILES string of the molecule is CC(C)(C)c1ccc(-c2oc(-c3ccc(F)cc3)c(-c3ccc(Br)cc3)c2-c2ccc(Cl)cc2)cc1. The molecule has 0 spiro atoms. The van der Waals surface area contributed by atoms with Gasteiger partial charge in [0, 0.05) is 31.7 Å². The van der Waals surface area contributed by atoms with E-state index in [1.807, 2.05) is 36.4 Å². The molecule has 5 rings (SSSR count). The third-order valence-corrected chi connectivity index (χ3v) is 7.07. The number of halogens is 3. The van der Waals surface area contributed by atoms with Gasteiger partial charge in [-0.2, -0.15) is 0 Å². The van der Waals surface area contributed by atoms with Crippen LogP contribution in [0.15, 0.2) is 106 Å². The smallest absolute Gasteiger partial charge is 0.143 e. The first kappa shape index (κ1) is 24.5. The van der Waals surface area contributed by atoms with Gasteiger partial charge >= 0.3 is 0 Å². The first-order chi connectivity index (χ1) is 17.2. The quantitative estimate of drug-likeness (QED) is 0.213. The van der Waals surface area contributed by atoms with Gasteiger partial charge in [0.2, 0.25) is 0 Å². The molecule has 0 fully saturated rings. The minimum atomic E-state index is -0.286. The maximum Gasteiger partial charge on any atom is 0.143 e. The zero-order valence-electron chi connectivity index (χ0n) is 20.3. The lowest BCUT2D eigenvalue weighted by molar-refractivity contribution is 0.588. The Bertz CT molecular complexity index is 1490. The Morgan fingerprint density at radius 1 is 0.611 bits per heavy atom. The first-order valence-corrected chi connectivity index (χ1v) is 12.9. The van der Waals surface area contributed by atoms with Gasteiger partial charge in [-0.3, -0.25) is 0 Å². The van der Waals surface area contributed by atoms with Crippen molar-refractivity contribution in [3.63, 3.8) is 0 Å². The molecule has 1 heterocycles. The topological polar surface area (TPSA) is 13.1 Å². The van der Waals surface area contributed by atoms with Crippen molar-refractivity contribution in [2.75, 3.05) is 0 Å². The highest BCUT2D eigenvalue weighted by molar-refractivity contribution is 9.10. The van der Waals surface area contributed by atoms with Gasteiger partial charge in [-0.05, 0) is 70.6 Å². The van der Waals surface area contributed by atoms with E-state index < -0.39 is 0 Å². The molecule has 0 saturated heterocycles.